The van der Waals surface area contributed by atoms with Crippen LogP contribution in [-0.4, -0.2) is 36.3 Å². The van der Waals surface area contributed by atoms with E-state index >= 15 is 0 Å². The van der Waals surface area contributed by atoms with E-state index in [0.717, 1.165) is 0 Å². The Morgan fingerprint density at radius 3 is 2.93 bits per heavy atom. The van der Waals surface area contributed by atoms with Gasteiger partial charge in [0.1, 0.15) is 18.2 Å². The molecular formula is C19H17ClFN5O3. The minimum Gasteiger partial charge on any atom is -0.490 e. The maximum Gasteiger partial charge on any atom is 0.256 e. The molecule has 0 aromatic heterocycles. The number of aliphatic hydroxyl groups excluding tert-OH is 1. The highest BCUT2D eigenvalue weighted by Crippen LogP contribution is 2.26. The summed E-state index contributed by atoms with van der Waals surface area (Å²) in [4.78, 5) is 16.6. The molecule has 0 atom stereocenters. The van der Waals surface area contributed by atoms with Gasteiger partial charge in [0.2, 0.25) is 0 Å². The highest BCUT2D eigenvalue weighted by molar-refractivity contribution is 6.32. The number of fused-ring (bicyclic) bond motifs is 1. The first-order valence-electron chi connectivity index (χ1n) is 8.50. The van der Waals surface area contributed by atoms with Crippen molar-refractivity contribution in [1.29, 1.82) is 0 Å². The van der Waals surface area contributed by atoms with Crippen molar-refractivity contribution < 1.29 is 19.0 Å². The molecule has 0 saturated carbocycles. The Bertz CT molecular complexity index is 994. The Morgan fingerprint density at radius 1 is 1.28 bits per heavy atom. The number of hydrogen-bond acceptors (Lipinski definition) is 7. The predicted molar refractivity (Wildman–Crippen MR) is 109 cm³/mol. The first kappa shape index (κ1) is 20.3. The largest absolute Gasteiger partial charge is 0.490 e. The Morgan fingerprint density at radius 2 is 2.14 bits per heavy atom. The van der Waals surface area contributed by atoms with Crippen LogP contribution >= 0.6 is 11.6 Å². The van der Waals surface area contributed by atoms with Gasteiger partial charge in [-0.25, -0.2) is 9.93 Å². The van der Waals surface area contributed by atoms with Gasteiger partial charge in [0.25, 0.3) is 5.91 Å². The van der Waals surface area contributed by atoms with Crippen molar-refractivity contribution in [3.05, 3.63) is 65.0 Å². The SMILES string of the molecule is O=C(NC1=N/NNc2ccc(F)cc2N=C\C=C\1)c1ccc(OCCO)c(Cl)c1. The number of halogens is 2. The molecule has 3 rings (SSSR count). The lowest BCUT2D eigenvalue weighted by molar-refractivity contribution is 0.0977. The zero-order valence-corrected chi connectivity index (χ0v) is 15.8. The Kier molecular flexibility index (Phi) is 6.77. The summed E-state index contributed by atoms with van der Waals surface area (Å²) in [5.41, 5.74) is 6.56. The predicted octanol–water partition coefficient (Wildman–Crippen LogP) is 2.78. The summed E-state index contributed by atoms with van der Waals surface area (Å²) in [5, 5.41) is 15.7. The van der Waals surface area contributed by atoms with Crippen LogP contribution in [0.3, 0.4) is 0 Å². The lowest BCUT2D eigenvalue weighted by Gasteiger charge is -2.12. The van der Waals surface area contributed by atoms with Crippen LogP contribution in [0.5, 0.6) is 5.75 Å². The molecule has 2 aromatic carbocycles. The standard InChI is InChI=1S/C19H17ClFN5O3/c20-14-10-12(3-6-17(14)29-9-8-27)19(28)23-18-2-1-7-22-16-11-13(21)4-5-15(16)24-26-25-18/h1-7,10-11,24,26-27H,8-9H2,(H,23,25,28)/b2-1+,22-7?. The molecule has 1 aliphatic heterocycles. The quantitative estimate of drug-likeness (QED) is 0.612. The van der Waals surface area contributed by atoms with E-state index in [2.05, 4.69) is 26.4 Å². The molecule has 0 unspecified atom stereocenters. The molecular weight excluding hydrogens is 401 g/mol. The maximum absolute atomic E-state index is 13.3. The van der Waals surface area contributed by atoms with Crippen molar-refractivity contribution >= 4 is 40.9 Å². The van der Waals surface area contributed by atoms with Crippen LogP contribution in [0.15, 0.2) is 58.6 Å². The summed E-state index contributed by atoms with van der Waals surface area (Å²) in [6.45, 7) is -0.0443. The number of nitrogens with zero attached hydrogens (tertiary/aromatic N) is 2. The topological polar surface area (TPSA) is 107 Å². The van der Waals surface area contributed by atoms with Crippen molar-refractivity contribution in [2.75, 3.05) is 18.6 Å². The minimum atomic E-state index is -0.442. The fraction of sp³-hybridized carbons (Fsp3) is 0.105. The second-order valence-electron chi connectivity index (χ2n) is 5.70. The van der Waals surface area contributed by atoms with Crippen molar-refractivity contribution in [2.24, 2.45) is 10.1 Å². The highest BCUT2D eigenvalue weighted by atomic mass is 35.5. The van der Waals surface area contributed by atoms with Crippen molar-refractivity contribution in [1.82, 2.24) is 10.9 Å². The summed E-state index contributed by atoms with van der Waals surface area (Å²) in [7, 11) is 0. The van der Waals surface area contributed by atoms with Gasteiger partial charge in [-0.05, 0) is 42.5 Å². The monoisotopic (exact) mass is 417 g/mol. The van der Waals surface area contributed by atoms with E-state index in [0.29, 0.717) is 22.7 Å². The minimum absolute atomic E-state index is 0.100. The molecule has 8 nitrogen and oxygen atoms in total. The number of aliphatic imine (C=N–C) groups is 1. The Balaban J connectivity index is 1.71. The summed E-state index contributed by atoms with van der Waals surface area (Å²) in [6.07, 6.45) is 4.53. The number of amidine groups is 1. The second-order valence-corrected chi connectivity index (χ2v) is 6.11. The Hall–Kier alpha value is -3.43. The van der Waals surface area contributed by atoms with Gasteiger partial charge >= 0.3 is 0 Å². The number of allylic oxidation sites excluding steroid dienone is 1. The number of aliphatic hydroxyl groups is 1. The van der Waals surface area contributed by atoms with Crippen LogP contribution < -0.4 is 21.0 Å². The number of carbonyl (C=O) groups is 1. The van der Waals surface area contributed by atoms with E-state index in [1.54, 1.807) is 12.1 Å². The molecule has 1 aliphatic rings. The van der Waals surface area contributed by atoms with E-state index in [9.17, 15) is 9.18 Å². The normalized spacial score (nSPS) is 15.8. The number of rotatable bonds is 4. The summed E-state index contributed by atoms with van der Waals surface area (Å²) >= 11 is 6.10. The molecule has 0 saturated heterocycles. The molecule has 10 heteroatoms. The molecule has 0 aliphatic carbocycles. The third kappa shape index (κ3) is 5.53. The van der Waals surface area contributed by atoms with E-state index in [1.165, 1.54) is 42.6 Å². The highest BCUT2D eigenvalue weighted by Gasteiger charge is 2.11. The van der Waals surface area contributed by atoms with Crippen LogP contribution in [0.1, 0.15) is 10.4 Å². The molecule has 150 valence electrons. The lowest BCUT2D eigenvalue weighted by atomic mass is 10.2. The fourth-order valence-electron chi connectivity index (χ4n) is 2.33. The number of carbonyl (C=O) groups excluding carboxylic acids is 1. The fourth-order valence-corrected chi connectivity index (χ4v) is 2.57. The van der Waals surface area contributed by atoms with Gasteiger partial charge in [-0.3, -0.25) is 15.2 Å². The third-order valence-electron chi connectivity index (χ3n) is 3.67. The van der Waals surface area contributed by atoms with Crippen molar-refractivity contribution in [3.8, 4) is 5.75 Å². The summed E-state index contributed by atoms with van der Waals surface area (Å²) < 4.78 is 18.6. The van der Waals surface area contributed by atoms with Crippen molar-refractivity contribution in [2.45, 2.75) is 0 Å². The molecule has 2 aromatic rings. The summed E-state index contributed by atoms with van der Waals surface area (Å²) in [6, 6.07) is 8.61. The maximum atomic E-state index is 13.3. The van der Waals surface area contributed by atoms with Gasteiger partial charge in [0.15, 0.2) is 5.84 Å². The number of anilines is 1. The molecule has 0 radical (unpaired) electrons. The van der Waals surface area contributed by atoms with Crippen LogP contribution in [0.2, 0.25) is 5.02 Å². The first-order valence-corrected chi connectivity index (χ1v) is 8.88. The van der Waals surface area contributed by atoms with Crippen LogP contribution in [-0.2, 0) is 0 Å². The molecule has 0 bridgehead atoms. The Labute approximate surface area is 170 Å². The van der Waals surface area contributed by atoms with Crippen molar-refractivity contribution in [3.63, 3.8) is 0 Å². The van der Waals surface area contributed by atoms with Gasteiger partial charge in [-0.1, -0.05) is 11.6 Å². The van der Waals surface area contributed by atoms with Gasteiger partial charge in [0.05, 0.1) is 23.0 Å². The molecule has 1 amide bonds. The first-order chi connectivity index (χ1) is 14.1. The summed E-state index contributed by atoms with van der Waals surface area (Å²) in [5.74, 6) is -0.282. The molecule has 29 heavy (non-hydrogen) atoms. The number of nitrogens with one attached hydrogen (secondary N) is 3. The average Bonchev–Trinajstić information content (AvgIpc) is 2.71. The zero-order chi connectivity index (χ0) is 20.6. The van der Waals surface area contributed by atoms with E-state index < -0.39 is 11.7 Å². The molecule has 4 N–H and O–H groups in total. The molecule has 1 heterocycles. The number of amides is 1. The molecule has 0 fully saturated rings. The number of ether oxygens (including phenoxy) is 1. The third-order valence-corrected chi connectivity index (χ3v) is 3.96. The molecule has 0 spiro atoms. The van der Waals surface area contributed by atoms with Crippen LogP contribution in [0.25, 0.3) is 0 Å². The number of hydrazone groups is 1. The lowest BCUT2D eigenvalue weighted by Crippen LogP contribution is -2.32. The van der Waals surface area contributed by atoms with E-state index in [4.69, 9.17) is 21.4 Å². The zero-order valence-electron chi connectivity index (χ0n) is 15.0. The average molecular weight is 418 g/mol. The van der Waals surface area contributed by atoms with Gasteiger partial charge in [-0.15, -0.1) is 5.10 Å². The van der Waals surface area contributed by atoms with Crippen LogP contribution in [0.4, 0.5) is 15.8 Å². The van der Waals surface area contributed by atoms with E-state index in [-0.39, 0.29) is 24.1 Å². The van der Waals surface area contributed by atoms with Gasteiger partial charge < -0.3 is 15.2 Å². The number of hydrogen-bond donors (Lipinski definition) is 4. The van der Waals surface area contributed by atoms with Gasteiger partial charge in [0, 0.05) is 17.8 Å². The van der Waals surface area contributed by atoms with Gasteiger partial charge in [-0.2, -0.15) is 0 Å². The second kappa shape index (κ2) is 9.67. The number of benzene rings is 2. The number of hydrazine groups is 1. The smallest absolute Gasteiger partial charge is 0.256 e. The van der Waals surface area contributed by atoms with Crippen LogP contribution in [0, 0.1) is 5.82 Å². The van der Waals surface area contributed by atoms with E-state index in [1.807, 2.05) is 0 Å².